The summed E-state index contributed by atoms with van der Waals surface area (Å²) in [5, 5.41) is 2.16. The highest BCUT2D eigenvalue weighted by Gasteiger charge is 2.17. The molecule has 8 rings (SSSR count). The zero-order valence-electron chi connectivity index (χ0n) is 23.1. The first kappa shape index (κ1) is 24.8. The molecule has 0 aliphatic carbocycles. The average molecular weight is 553 g/mol. The van der Waals surface area contributed by atoms with Crippen molar-refractivity contribution in [1.82, 2.24) is 19.9 Å². The minimum absolute atomic E-state index is 0.617. The highest BCUT2D eigenvalue weighted by Crippen LogP contribution is 2.37. The van der Waals surface area contributed by atoms with Crippen LogP contribution in [0, 0.1) is 0 Å². The fraction of sp³-hybridized carbons (Fsp3) is 0. The highest BCUT2D eigenvalue weighted by atomic mass is 16.3. The summed E-state index contributed by atoms with van der Waals surface area (Å²) >= 11 is 0. The largest absolute Gasteiger partial charge is 0.436 e. The number of fused-ring (bicyclic) bond motifs is 2. The van der Waals surface area contributed by atoms with E-state index in [4.69, 9.17) is 24.4 Å². The van der Waals surface area contributed by atoms with Crippen molar-refractivity contribution in [2.45, 2.75) is 0 Å². The van der Waals surface area contributed by atoms with Gasteiger partial charge in [0.2, 0.25) is 5.89 Å². The molecule has 5 nitrogen and oxygen atoms in total. The molecule has 8 aromatic rings. The Morgan fingerprint density at radius 3 is 1.51 bits per heavy atom. The maximum Gasteiger partial charge on any atom is 0.227 e. The Kier molecular flexibility index (Phi) is 6.05. The van der Waals surface area contributed by atoms with Crippen LogP contribution >= 0.6 is 0 Å². The van der Waals surface area contributed by atoms with Crippen LogP contribution in [-0.2, 0) is 0 Å². The fourth-order valence-corrected chi connectivity index (χ4v) is 5.47. The van der Waals surface area contributed by atoms with Gasteiger partial charge in [0, 0.05) is 22.3 Å². The van der Waals surface area contributed by atoms with Crippen molar-refractivity contribution < 1.29 is 4.42 Å². The van der Waals surface area contributed by atoms with E-state index in [2.05, 4.69) is 48.5 Å². The molecule has 0 unspecified atom stereocenters. The van der Waals surface area contributed by atoms with Gasteiger partial charge in [-0.15, -0.1) is 0 Å². The number of aromatic nitrogens is 4. The molecule has 2 heterocycles. The van der Waals surface area contributed by atoms with Gasteiger partial charge in [0.25, 0.3) is 0 Å². The van der Waals surface area contributed by atoms with Crippen LogP contribution in [0.25, 0.3) is 78.6 Å². The smallest absolute Gasteiger partial charge is 0.227 e. The van der Waals surface area contributed by atoms with Crippen molar-refractivity contribution in [3.05, 3.63) is 146 Å². The Hall–Kier alpha value is -5.94. The predicted octanol–water partition coefficient (Wildman–Crippen LogP) is 9.50. The van der Waals surface area contributed by atoms with Crippen LogP contribution in [0.4, 0.5) is 0 Å². The lowest BCUT2D eigenvalue weighted by molar-refractivity contribution is 0.620. The second-order valence-electron chi connectivity index (χ2n) is 10.3. The van der Waals surface area contributed by atoms with Gasteiger partial charge < -0.3 is 4.42 Å². The molecule has 0 amide bonds. The van der Waals surface area contributed by atoms with Gasteiger partial charge in [0.05, 0.1) is 0 Å². The number of nitrogens with zero attached hydrogens (tertiary/aromatic N) is 4. The van der Waals surface area contributed by atoms with Crippen molar-refractivity contribution in [3.8, 4) is 56.7 Å². The number of hydrogen-bond donors (Lipinski definition) is 0. The van der Waals surface area contributed by atoms with Crippen molar-refractivity contribution in [3.63, 3.8) is 0 Å². The maximum atomic E-state index is 6.19. The third-order valence-corrected chi connectivity index (χ3v) is 7.58. The molecule has 0 aliphatic rings. The molecular weight excluding hydrogens is 528 g/mol. The standard InChI is InChI=1S/C38H24N4O/c1-4-12-25(13-5-1)35-40-36(26-14-6-2-7-15-26)42-37(41-35)32-22-21-29(30-18-10-11-19-31(30)32)28-20-23-33-34(24-28)43-38(39-33)27-16-8-3-9-17-27/h1-24H. The van der Waals surface area contributed by atoms with Crippen LogP contribution in [0.15, 0.2) is 150 Å². The number of hydrogen-bond acceptors (Lipinski definition) is 5. The summed E-state index contributed by atoms with van der Waals surface area (Å²) in [7, 11) is 0. The molecule has 0 bridgehead atoms. The summed E-state index contributed by atoms with van der Waals surface area (Å²) in [4.78, 5) is 19.5. The Morgan fingerprint density at radius 2 is 0.884 bits per heavy atom. The van der Waals surface area contributed by atoms with Gasteiger partial charge >= 0.3 is 0 Å². The summed E-state index contributed by atoms with van der Waals surface area (Å²) in [6, 6.07) is 48.9. The second-order valence-corrected chi connectivity index (χ2v) is 10.3. The van der Waals surface area contributed by atoms with Gasteiger partial charge in [-0.1, -0.05) is 115 Å². The maximum absolute atomic E-state index is 6.19. The van der Waals surface area contributed by atoms with E-state index in [9.17, 15) is 0 Å². The van der Waals surface area contributed by atoms with E-state index in [1.54, 1.807) is 0 Å². The quantitative estimate of drug-likeness (QED) is 0.213. The Bertz CT molecular complexity index is 2170. The third kappa shape index (κ3) is 4.63. The predicted molar refractivity (Wildman–Crippen MR) is 172 cm³/mol. The van der Waals surface area contributed by atoms with E-state index < -0.39 is 0 Å². The molecule has 2 aromatic heterocycles. The molecule has 43 heavy (non-hydrogen) atoms. The molecule has 0 saturated carbocycles. The SMILES string of the molecule is c1ccc(-c2nc(-c3ccccc3)nc(-c3ccc(-c4ccc5nc(-c6ccccc6)oc5c4)c4ccccc34)n2)cc1. The Labute approximate surface area is 248 Å². The topological polar surface area (TPSA) is 64.7 Å². The van der Waals surface area contributed by atoms with E-state index in [-0.39, 0.29) is 0 Å². The third-order valence-electron chi connectivity index (χ3n) is 7.58. The second kappa shape index (κ2) is 10.5. The Morgan fingerprint density at radius 1 is 0.372 bits per heavy atom. The zero-order valence-corrected chi connectivity index (χ0v) is 23.1. The lowest BCUT2D eigenvalue weighted by Gasteiger charge is -2.13. The monoisotopic (exact) mass is 552 g/mol. The summed E-state index contributed by atoms with van der Waals surface area (Å²) < 4.78 is 6.19. The molecule has 6 aromatic carbocycles. The van der Waals surface area contributed by atoms with Gasteiger partial charge in [0.1, 0.15) is 5.52 Å². The van der Waals surface area contributed by atoms with Crippen LogP contribution in [0.2, 0.25) is 0 Å². The van der Waals surface area contributed by atoms with Gasteiger partial charge in [-0.2, -0.15) is 0 Å². The normalized spacial score (nSPS) is 11.3. The average Bonchev–Trinajstić information content (AvgIpc) is 3.52. The van der Waals surface area contributed by atoms with Crippen molar-refractivity contribution in [1.29, 1.82) is 0 Å². The number of oxazole rings is 1. The van der Waals surface area contributed by atoms with Crippen LogP contribution in [0.1, 0.15) is 0 Å². The van der Waals surface area contributed by atoms with E-state index in [0.29, 0.717) is 23.4 Å². The zero-order chi connectivity index (χ0) is 28.6. The van der Waals surface area contributed by atoms with Crippen molar-refractivity contribution >= 4 is 21.9 Å². The lowest BCUT2D eigenvalue weighted by atomic mass is 9.94. The van der Waals surface area contributed by atoms with E-state index in [1.807, 2.05) is 97.1 Å². The molecule has 0 fully saturated rings. The Balaban J connectivity index is 1.28. The van der Waals surface area contributed by atoms with Gasteiger partial charge in [-0.25, -0.2) is 19.9 Å². The van der Waals surface area contributed by atoms with Gasteiger partial charge in [0.15, 0.2) is 23.1 Å². The minimum Gasteiger partial charge on any atom is -0.436 e. The molecular formula is C38H24N4O. The van der Waals surface area contributed by atoms with E-state index >= 15 is 0 Å². The lowest BCUT2D eigenvalue weighted by Crippen LogP contribution is -2.00. The highest BCUT2D eigenvalue weighted by molar-refractivity contribution is 6.05. The van der Waals surface area contributed by atoms with Crippen molar-refractivity contribution in [2.24, 2.45) is 0 Å². The molecule has 0 N–H and O–H groups in total. The minimum atomic E-state index is 0.617. The fourth-order valence-electron chi connectivity index (χ4n) is 5.47. The van der Waals surface area contributed by atoms with Crippen molar-refractivity contribution in [2.75, 3.05) is 0 Å². The molecule has 5 heteroatoms. The summed E-state index contributed by atoms with van der Waals surface area (Å²) in [5.41, 5.74) is 7.52. The van der Waals surface area contributed by atoms with Crippen LogP contribution in [0.5, 0.6) is 0 Å². The first-order chi connectivity index (χ1) is 21.3. The molecule has 0 spiro atoms. The van der Waals surface area contributed by atoms with E-state index in [1.165, 1.54) is 0 Å². The molecule has 0 saturated heterocycles. The summed E-state index contributed by atoms with van der Waals surface area (Å²) in [6.45, 7) is 0. The summed E-state index contributed by atoms with van der Waals surface area (Å²) in [5.74, 6) is 2.53. The molecule has 0 radical (unpaired) electrons. The molecule has 0 aliphatic heterocycles. The van der Waals surface area contributed by atoms with Crippen LogP contribution < -0.4 is 0 Å². The first-order valence-electron chi connectivity index (χ1n) is 14.2. The van der Waals surface area contributed by atoms with E-state index in [0.717, 1.165) is 55.3 Å². The van der Waals surface area contributed by atoms with Crippen LogP contribution in [0.3, 0.4) is 0 Å². The molecule has 0 atom stereocenters. The van der Waals surface area contributed by atoms with Crippen LogP contribution in [-0.4, -0.2) is 19.9 Å². The number of benzene rings is 6. The summed E-state index contributed by atoms with van der Waals surface area (Å²) in [6.07, 6.45) is 0. The molecule has 202 valence electrons. The van der Waals surface area contributed by atoms with Gasteiger partial charge in [-0.3, -0.25) is 0 Å². The first-order valence-corrected chi connectivity index (χ1v) is 14.2. The van der Waals surface area contributed by atoms with Gasteiger partial charge in [-0.05, 0) is 52.2 Å². The number of rotatable bonds is 5.